The minimum atomic E-state index is -0.481. The number of hydrogen-bond acceptors (Lipinski definition) is 7. The van der Waals surface area contributed by atoms with Crippen LogP contribution in [-0.4, -0.2) is 54.7 Å². The summed E-state index contributed by atoms with van der Waals surface area (Å²) in [6.07, 6.45) is 4.68. The second-order valence-corrected chi connectivity index (χ2v) is 9.52. The molecule has 8 nitrogen and oxygen atoms in total. The van der Waals surface area contributed by atoms with Crippen LogP contribution in [0.5, 0.6) is 5.75 Å². The van der Waals surface area contributed by atoms with E-state index in [0.29, 0.717) is 22.8 Å². The first-order valence-corrected chi connectivity index (χ1v) is 10.3. The molecule has 0 bridgehead atoms. The highest BCUT2D eigenvalue weighted by Gasteiger charge is 2.39. The number of phenolic OH excluding ortho intramolecular Hbond substituents is 1. The lowest BCUT2D eigenvalue weighted by Crippen LogP contribution is -2.62. The van der Waals surface area contributed by atoms with Crippen LogP contribution in [0.1, 0.15) is 40.5 Å². The maximum absolute atomic E-state index is 13.7. The van der Waals surface area contributed by atoms with Crippen molar-refractivity contribution < 1.29 is 9.50 Å². The summed E-state index contributed by atoms with van der Waals surface area (Å²) in [4.78, 5) is 6.57. The molecule has 1 fully saturated rings. The van der Waals surface area contributed by atoms with Gasteiger partial charge in [-0.1, -0.05) is 6.07 Å². The Balaban J connectivity index is 1.55. The molecular formula is C22H28FN7O. The van der Waals surface area contributed by atoms with Gasteiger partial charge in [-0.25, -0.2) is 9.37 Å². The zero-order valence-corrected chi connectivity index (χ0v) is 18.4. The molecule has 9 heteroatoms. The molecule has 0 spiro atoms. The predicted octanol–water partition coefficient (Wildman–Crippen LogP) is 3.52. The maximum Gasteiger partial charge on any atom is 0.245 e. The van der Waals surface area contributed by atoms with E-state index >= 15 is 0 Å². The fourth-order valence-electron chi connectivity index (χ4n) is 4.63. The van der Waals surface area contributed by atoms with Crippen LogP contribution < -0.4 is 10.2 Å². The molecule has 0 atom stereocenters. The first-order valence-electron chi connectivity index (χ1n) is 10.3. The van der Waals surface area contributed by atoms with Crippen LogP contribution in [0.25, 0.3) is 22.5 Å². The summed E-state index contributed by atoms with van der Waals surface area (Å²) in [6.45, 7) is 8.83. The number of anilines is 1. The molecule has 2 aromatic heterocycles. The number of aromatic hydroxyl groups is 1. The standard InChI is InChI=1S/C22H28FN7O/c1-21(2)9-14(10-22(3,4)29-21)30(5)20-24-12-17(26-28-20)15-7-6-13(8-18(15)31)19-16(23)11-25-27-19/h6-8,11-12,14,29,31H,9-10H2,1-5H3,(H,25,27). The number of H-pyrrole nitrogens is 1. The Labute approximate surface area is 180 Å². The second-order valence-electron chi connectivity index (χ2n) is 9.52. The summed E-state index contributed by atoms with van der Waals surface area (Å²) < 4.78 is 13.7. The van der Waals surface area contributed by atoms with Crippen LogP contribution in [0.2, 0.25) is 0 Å². The van der Waals surface area contributed by atoms with Gasteiger partial charge in [0.05, 0.1) is 12.4 Å². The largest absolute Gasteiger partial charge is 0.507 e. The summed E-state index contributed by atoms with van der Waals surface area (Å²) in [5.74, 6) is 0.0150. The topological polar surface area (TPSA) is 103 Å². The highest BCUT2D eigenvalue weighted by molar-refractivity contribution is 5.72. The maximum atomic E-state index is 13.7. The summed E-state index contributed by atoms with van der Waals surface area (Å²) in [5, 5.41) is 29.1. The Morgan fingerprint density at radius 1 is 1.13 bits per heavy atom. The van der Waals surface area contributed by atoms with E-state index in [1.54, 1.807) is 18.3 Å². The Bertz CT molecular complexity index is 1060. The van der Waals surface area contributed by atoms with Crippen molar-refractivity contribution in [3.63, 3.8) is 0 Å². The summed E-state index contributed by atoms with van der Waals surface area (Å²) in [5.41, 5.74) is 1.54. The molecule has 3 N–H and O–H groups in total. The molecule has 3 aromatic rings. The van der Waals surface area contributed by atoms with Gasteiger partial charge in [-0.3, -0.25) is 5.10 Å². The van der Waals surface area contributed by atoms with E-state index in [2.05, 4.69) is 63.3 Å². The summed E-state index contributed by atoms with van der Waals surface area (Å²) >= 11 is 0. The van der Waals surface area contributed by atoms with Crippen molar-refractivity contribution in [3.8, 4) is 28.3 Å². The third kappa shape index (κ3) is 4.36. The van der Waals surface area contributed by atoms with Crippen LogP contribution >= 0.6 is 0 Å². The molecule has 1 saturated heterocycles. The van der Waals surface area contributed by atoms with Gasteiger partial charge in [0.1, 0.15) is 17.1 Å². The minimum Gasteiger partial charge on any atom is -0.507 e. The number of halogens is 1. The van der Waals surface area contributed by atoms with Gasteiger partial charge in [-0.05, 0) is 52.7 Å². The monoisotopic (exact) mass is 425 g/mol. The predicted molar refractivity (Wildman–Crippen MR) is 117 cm³/mol. The number of hydrogen-bond donors (Lipinski definition) is 3. The van der Waals surface area contributed by atoms with Crippen molar-refractivity contribution >= 4 is 5.95 Å². The molecule has 0 saturated carbocycles. The summed E-state index contributed by atoms with van der Waals surface area (Å²) in [7, 11) is 1.99. The zero-order chi connectivity index (χ0) is 22.4. The van der Waals surface area contributed by atoms with E-state index in [4.69, 9.17) is 0 Å². The Morgan fingerprint density at radius 3 is 2.39 bits per heavy atom. The number of aromatic nitrogens is 5. The average Bonchev–Trinajstić information content (AvgIpc) is 3.11. The quantitative estimate of drug-likeness (QED) is 0.588. The fraction of sp³-hybridized carbons (Fsp3) is 0.455. The lowest BCUT2D eigenvalue weighted by molar-refractivity contribution is 0.160. The van der Waals surface area contributed by atoms with Crippen molar-refractivity contribution in [2.45, 2.75) is 57.7 Å². The van der Waals surface area contributed by atoms with E-state index in [0.717, 1.165) is 19.0 Å². The zero-order valence-electron chi connectivity index (χ0n) is 18.4. The van der Waals surface area contributed by atoms with E-state index < -0.39 is 5.82 Å². The van der Waals surface area contributed by atoms with Gasteiger partial charge in [0.25, 0.3) is 0 Å². The SMILES string of the molecule is CN(c1ncc(-c2ccc(-c3n[nH]cc3F)cc2O)nn1)C1CC(C)(C)NC(C)(C)C1. The minimum absolute atomic E-state index is 0.00931. The van der Waals surface area contributed by atoms with Gasteiger partial charge < -0.3 is 15.3 Å². The van der Waals surface area contributed by atoms with Crippen LogP contribution in [-0.2, 0) is 0 Å². The molecule has 164 valence electrons. The van der Waals surface area contributed by atoms with Crippen LogP contribution in [0.4, 0.5) is 10.3 Å². The van der Waals surface area contributed by atoms with Gasteiger partial charge in [-0.15, -0.1) is 10.2 Å². The Kier molecular flexibility index (Phi) is 5.17. The lowest BCUT2D eigenvalue weighted by Gasteiger charge is -2.48. The highest BCUT2D eigenvalue weighted by Crippen LogP contribution is 2.34. The second kappa shape index (κ2) is 7.56. The molecule has 31 heavy (non-hydrogen) atoms. The molecule has 0 aliphatic carbocycles. The number of nitrogens with zero attached hydrogens (tertiary/aromatic N) is 5. The highest BCUT2D eigenvalue weighted by atomic mass is 19.1. The van der Waals surface area contributed by atoms with Crippen molar-refractivity contribution in [2.75, 3.05) is 11.9 Å². The van der Waals surface area contributed by atoms with E-state index in [9.17, 15) is 9.50 Å². The molecule has 4 rings (SSSR count). The van der Waals surface area contributed by atoms with Crippen molar-refractivity contribution in [3.05, 3.63) is 36.4 Å². The Morgan fingerprint density at radius 2 is 1.84 bits per heavy atom. The number of nitrogens with one attached hydrogen (secondary N) is 2. The molecule has 1 aliphatic heterocycles. The van der Waals surface area contributed by atoms with Gasteiger partial charge in [-0.2, -0.15) is 5.10 Å². The Hall–Kier alpha value is -3.07. The average molecular weight is 426 g/mol. The lowest BCUT2D eigenvalue weighted by atomic mass is 9.79. The van der Waals surface area contributed by atoms with Gasteiger partial charge in [0.15, 0.2) is 5.82 Å². The van der Waals surface area contributed by atoms with Crippen LogP contribution in [0.3, 0.4) is 0 Å². The number of piperidine rings is 1. The first-order chi connectivity index (χ1) is 14.5. The van der Waals surface area contributed by atoms with Crippen molar-refractivity contribution in [2.24, 2.45) is 0 Å². The molecule has 0 unspecified atom stereocenters. The third-order valence-electron chi connectivity index (χ3n) is 5.72. The van der Waals surface area contributed by atoms with Crippen molar-refractivity contribution in [1.29, 1.82) is 0 Å². The van der Waals surface area contributed by atoms with E-state index in [1.165, 1.54) is 6.07 Å². The van der Waals surface area contributed by atoms with Crippen LogP contribution in [0, 0.1) is 5.82 Å². The number of aromatic amines is 1. The van der Waals surface area contributed by atoms with Gasteiger partial charge in [0.2, 0.25) is 5.95 Å². The number of phenols is 1. The normalized spacial score (nSPS) is 18.1. The van der Waals surface area contributed by atoms with E-state index in [-0.39, 0.29) is 28.6 Å². The molecule has 0 radical (unpaired) electrons. The summed E-state index contributed by atoms with van der Waals surface area (Å²) in [6, 6.07) is 5.06. The number of benzene rings is 1. The number of rotatable bonds is 4. The molecule has 0 amide bonds. The fourth-order valence-corrected chi connectivity index (χ4v) is 4.63. The smallest absolute Gasteiger partial charge is 0.245 e. The van der Waals surface area contributed by atoms with Crippen LogP contribution in [0.15, 0.2) is 30.6 Å². The molecular weight excluding hydrogens is 397 g/mol. The van der Waals surface area contributed by atoms with E-state index in [1.807, 2.05) is 7.05 Å². The molecule has 1 aromatic carbocycles. The molecule has 3 heterocycles. The molecule has 1 aliphatic rings. The first kappa shape index (κ1) is 21.2. The van der Waals surface area contributed by atoms with Gasteiger partial charge in [0, 0.05) is 35.3 Å². The van der Waals surface area contributed by atoms with Gasteiger partial charge >= 0.3 is 0 Å². The van der Waals surface area contributed by atoms with Crippen molar-refractivity contribution in [1.82, 2.24) is 30.7 Å². The third-order valence-corrected chi connectivity index (χ3v) is 5.72.